The van der Waals surface area contributed by atoms with E-state index in [1.807, 2.05) is 31.2 Å². The molecule has 9 nitrogen and oxygen atoms in total. The number of piperidine rings is 1. The zero-order valence-electron chi connectivity index (χ0n) is 20.6. The number of aryl methyl sites for hydroxylation is 1. The largest absolute Gasteiger partial charge is 0.383 e. The lowest BCUT2D eigenvalue weighted by molar-refractivity contribution is 0.109. The number of benzene rings is 1. The van der Waals surface area contributed by atoms with Gasteiger partial charge in [0.2, 0.25) is 0 Å². The van der Waals surface area contributed by atoms with Gasteiger partial charge in [0.1, 0.15) is 11.3 Å². The number of aromatic nitrogens is 5. The Morgan fingerprint density at radius 3 is 2.81 bits per heavy atom. The molecule has 1 unspecified atom stereocenters. The molecule has 0 bridgehead atoms. The first kappa shape index (κ1) is 23.9. The number of hydrogen-bond donors (Lipinski definition) is 0. The van der Waals surface area contributed by atoms with Gasteiger partial charge in [0, 0.05) is 44.2 Å². The summed E-state index contributed by atoms with van der Waals surface area (Å²) in [6, 6.07) is 13.0. The van der Waals surface area contributed by atoms with Crippen molar-refractivity contribution in [3.8, 4) is 23.1 Å². The van der Waals surface area contributed by atoms with E-state index in [0.29, 0.717) is 41.5 Å². The molecular weight excluding hydrogens is 454 g/mol. The van der Waals surface area contributed by atoms with Gasteiger partial charge in [-0.3, -0.25) is 14.3 Å². The van der Waals surface area contributed by atoms with Crippen molar-refractivity contribution in [3.63, 3.8) is 0 Å². The SMILES string of the molecule is COCCN1CCCC(Cn2c(-c3cccnc3C)nc3cn(-c4ccc(C#N)cc4)nc3c2=O)C1. The van der Waals surface area contributed by atoms with Gasteiger partial charge in [-0.05, 0) is 68.6 Å². The normalized spacial score (nSPS) is 16.3. The van der Waals surface area contributed by atoms with E-state index < -0.39 is 0 Å². The lowest BCUT2D eigenvalue weighted by Crippen LogP contribution is -2.40. The van der Waals surface area contributed by atoms with Gasteiger partial charge in [0.25, 0.3) is 5.56 Å². The topological polar surface area (TPSA) is 102 Å². The average Bonchev–Trinajstić information content (AvgIpc) is 3.34. The molecule has 0 N–H and O–H groups in total. The Balaban J connectivity index is 1.58. The van der Waals surface area contributed by atoms with Crippen LogP contribution < -0.4 is 5.56 Å². The number of nitriles is 1. The van der Waals surface area contributed by atoms with E-state index in [4.69, 9.17) is 15.0 Å². The number of pyridine rings is 1. The molecule has 0 aliphatic carbocycles. The summed E-state index contributed by atoms with van der Waals surface area (Å²) in [5.41, 5.74) is 3.70. The lowest BCUT2D eigenvalue weighted by atomic mass is 9.97. The van der Waals surface area contributed by atoms with Crippen LogP contribution >= 0.6 is 0 Å². The van der Waals surface area contributed by atoms with Gasteiger partial charge >= 0.3 is 0 Å². The van der Waals surface area contributed by atoms with E-state index in [2.05, 4.69) is 21.1 Å². The fourth-order valence-electron chi connectivity index (χ4n) is 4.90. The van der Waals surface area contributed by atoms with E-state index >= 15 is 0 Å². The van der Waals surface area contributed by atoms with Crippen LogP contribution in [0.15, 0.2) is 53.6 Å². The predicted octanol–water partition coefficient (Wildman–Crippen LogP) is 3.18. The number of hydrogen-bond acceptors (Lipinski definition) is 7. The molecule has 1 aliphatic heterocycles. The number of methoxy groups -OCH3 is 1. The molecule has 0 amide bonds. The van der Waals surface area contributed by atoms with Crippen molar-refractivity contribution in [3.05, 3.63) is 70.4 Å². The lowest BCUT2D eigenvalue weighted by Gasteiger charge is -2.33. The molecule has 9 heteroatoms. The van der Waals surface area contributed by atoms with Gasteiger partial charge < -0.3 is 9.64 Å². The summed E-state index contributed by atoms with van der Waals surface area (Å²) < 4.78 is 8.70. The third-order valence-corrected chi connectivity index (χ3v) is 6.79. The Morgan fingerprint density at radius 1 is 1.22 bits per heavy atom. The second-order valence-electron chi connectivity index (χ2n) is 9.26. The van der Waals surface area contributed by atoms with Crippen molar-refractivity contribution < 1.29 is 4.74 Å². The molecule has 36 heavy (non-hydrogen) atoms. The second-order valence-corrected chi connectivity index (χ2v) is 9.26. The number of likely N-dealkylation sites (tertiary alicyclic amines) is 1. The fraction of sp³-hybridized carbons (Fsp3) is 0.370. The molecule has 184 valence electrons. The second kappa shape index (κ2) is 10.4. The molecule has 1 aromatic carbocycles. The third-order valence-electron chi connectivity index (χ3n) is 6.79. The van der Waals surface area contributed by atoms with Crippen molar-refractivity contribution in [1.29, 1.82) is 5.26 Å². The predicted molar refractivity (Wildman–Crippen MR) is 137 cm³/mol. The highest BCUT2D eigenvalue weighted by atomic mass is 16.5. The van der Waals surface area contributed by atoms with Crippen molar-refractivity contribution in [2.75, 3.05) is 33.4 Å². The molecule has 4 aromatic rings. The van der Waals surface area contributed by atoms with Gasteiger partial charge in [-0.15, -0.1) is 0 Å². The standard InChI is InChI=1S/C27H29N7O2/c1-19-23(6-3-11-29-19)26-30-24-18-34(22-9-7-20(15-28)8-10-22)31-25(24)27(35)33(26)17-21-5-4-12-32(16-21)13-14-36-2/h3,6-11,18,21H,4-5,12-14,16-17H2,1-2H3. The van der Waals surface area contributed by atoms with Gasteiger partial charge in [-0.1, -0.05) is 0 Å². The first-order valence-corrected chi connectivity index (χ1v) is 12.2. The van der Waals surface area contributed by atoms with Crippen LogP contribution in [0, 0.1) is 24.2 Å². The Kier molecular flexibility index (Phi) is 6.89. The molecule has 1 aliphatic rings. The highest BCUT2D eigenvalue weighted by Gasteiger charge is 2.24. The van der Waals surface area contributed by atoms with Gasteiger partial charge in [-0.2, -0.15) is 10.4 Å². The Bertz CT molecular complexity index is 1470. The van der Waals surface area contributed by atoms with Crippen molar-refractivity contribution >= 4 is 11.0 Å². The van der Waals surface area contributed by atoms with Crippen LogP contribution in [-0.4, -0.2) is 62.6 Å². The van der Waals surface area contributed by atoms with Crippen LogP contribution in [0.1, 0.15) is 24.1 Å². The van der Waals surface area contributed by atoms with Crippen molar-refractivity contribution in [1.82, 2.24) is 29.2 Å². The molecule has 1 saturated heterocycles. The van der Waals surface area contributed by atoms with Crippen molar-refractivity contribution in [2.24, 2.45) is 5.92 Å². The molecule has 0 radical (unpaired) electrons. The minimum Gasteiger partial charge on any atom is -0.383 e. The van der Waals surface area contributed by atoms with Crippen LogP contribution in [0.3, 0.4) is 0 Å². The molecule has 1 atom stereocenters. The summed E-state index contributed by atoms with van der Waals surface area (Å²) in [4.78, 5) is 25.6. The first-order chi connectivity index (χ1) is 17.6. The average molecular weight is 484 g/mol. The Morgan fingerprint density at radius 2 is 2.06 bits per heavy atom. The van der Waals surface area contributed by atoms with Crippen molar-refractivity contribution in [2.45, 2.75) is 26.3 Å². The summed E-state index contributed by atoms with van der Waals surface area (Å²) >= 11 is 0. The number of rotatable bonds is 7. The fourth-order valence-corrected chi connectivity index (χ4v) is 4.90. The zero-order chi connectivity index (χ0) is 25.1. The van der Waals surface area contributed by atoms with Gasteiger partial charge in [0.05, 0.1) is 30.1 Å². The van der Waals surface area contributed by atoms with Crippen LogP contribution in [0.25, 0.3) is 28.1 Å². The number of ether oxygens (including phenoxy) is 1. The molecule has 4 heterocycles. The van der Waals surface area contributed by atoms with Crippen LogP contribution in [0.5, 0.6) is 0 Å². The van der Waals surface area contributed by atoms with Crippen LogP contribution in [0.2, 0.25) is 0 Å². The maximum absolute atomic E-state index is 13.9. The minimum absolute atomic E-state index is 0.153. The minimum atomic E-state index is -0.153. The summed E-state index contributed by atoms with van der Waals surface area (Å²) in [6.07, 6.45) is 5.66. The van der Waals surface area contributed by atoms with Gasteiger partial charge in [-0.25, -0.2) is 9.67 Å². The van der Waals surface area contributed by atoms with E-state index in [-0.39, 0.29) is 5.56 Å². The highest BCUT2D eigenvalue weighted by molar-refractivity contribution is 5.76. The maximum Gasteiger partial charge on any atom is 0.282 e. The van der Waals surface area contributed by atoms with E-state index in [9.17, 15) is 4.79 Å². The zero-order valence-corrected chi connectivity index (χ0v) is 20.6. The molecule has 5 rings (SSSR count). The molecule has 1 fully saturated rings. The monoisotopic (exact) mass is 483 g/mol. The molecule has 0 saturated carbocycles. The van der Waals surface area contributed by atoms with Crippen LogP contribution in [-0.2, 0) is 11.3 Å². The van der Waals surface area contributed by atoms with Gasteiger partial charge in [0.15, 0.2) is 5.52 Å². The molecule has 0 spiro atoms. The smallest absolute Gasteiger partial charge is 0.282 e. The van der Waals surface area contributed by atoms with E-state index in [1.54, 1.807) is 40.9 Å². The Labute approximate surface area is 209 Å². The maximum atomic E-state index is 13.9. The third kappa shape index (κ3) is 4.78. The Hall–Kier alpha value is -3.87. The number of fused-ring (bicyclic) bond motifs is 1. The van der Waals surface area contributed by atoms with E-state index in [1.165, 1.54) is 0 Å². The first-order valence-electron chi connectivity index (χ1n) is 12.2. The van der Waals surface area contributed by atoms with E-state index in [0.717, 1.165) is 49.4 Å². The summed E-state index contributed by atoms with van der Waals surface area (Å²) in [6.45, 7) is 6.06. The molecule has 3 aromatic heterocycles. The quantitative estimate of drug-likeness (QED) is 0.398. The molecular formula is C27H29N7O2. The highest BCUT2D eigenvalue weighted by Crippen LogP contribution is 2.25. The number of nitrogens with zero attached hydrogens (tertiary/aromatic N) is 7. The summed E-state index contributed by atoms with van der Waals surface area (Å²) in [7, 11) is 1.72. The summed E-state index contributed by atoms with van der Waals surface area (Å²) in [5, 5.41) is 13.7. The summed E-state index contributed by atoms with van der Waals surface area (Å²) in [5.74, 6) is 0.940. The van der Waals surface area contributed by atoms with Crippen LogP contribution in [0.4, 0.5) is 0 Å².